The molecule has 2 fully saturated rings. The van der Waals surface area contributed by atoms with E-state index < -0.39 is 0 Å². The van der Waals surface area contributed by atoms with Crippen LogP contribution in [0.5, 0.6) is 0 Å². The molecule has 2 saturated carbocycles. The first kappa shape index (κ1) is 18.5. The van der Waals surface area contributed by atoms with Crippen molar-refractivity contribution in [1.29, 1.82) is 0 Å². The van der Waals surface area contributed by atoms with Crippen LogP contribution in [0, 0.1) is 0 Å². The molecule has 3 heteroatoms. The van der Waals surface area contributed by atoms with Crippen molar-refractivity contribution in [2.75, 3.05) is 0 Å². The summed E-state index contributed by atoms with van der Waals surface area (Å²) in [6.07, 6.45) is 12.3. The molecule has 2 aliphatic carbocycles. The van der Waals surface area contributed by atoms with Gasteiger partial charge in [-0.1, -0.05) is 74.9 Å². The second-order valence-electron chi connectivity index (χ2n) is 8.38. The first-order valence-electron chi connectivity index (χ1n) is 10.8. The van der Waals surface area contributed by atoms with Crippen molar-refractivity contribution < 1.29 is 4.79 Å². The Bertz CT molecular complexity index is 760. The van der Waals surface area contributed by atoms with Gasteiger partial charge in [-0.2, -0.15) is 0 Å². The second-order valence-corrected chi connectivity index (χ2v) is 8.38. The summed E-state index contributed by atoms with van der Waals surface area (Å²) >= 11 is 0. The van der Waals surface area contributed by atoms with Gasteiger partial charge in [-0.25, -0.2) is 0 Å². The minimum Gasteiger partial charge on any atom is -0.352 e. The fourth-order valence-electron chi connectivity index (χ4n) is 4.75. The van der Waals surface area contributed by atoms with Crippen molar-refractivity contribution in [3.63, 3.8) is 0 Å². The van der Waals surface area contributed by atoms with Crippen molar-refractivity contribution in [3.05, 3.63) is 48.0 Å². The van der Waals surface area contributed by atoms with Crippen LogP contribution < -0.4 is 10.6 Å². The number of carbonyl (C=O) groups is 1. The van der Waals surface area contributed by atoms with E-state index in [4.69, 9.17) is 0 Å². The van der Waals surface area contributed by atoms with Crippen LogP contribution in [-0.2, 0) is 4.79 Å². The van der Waals surface area contributed by atoms with Gasteiger partial charge < -0.3 is 5.32 Å². The minimum atomic E-state index is -0.250. The van der Waals surface area contributed by atoms with Crippen LogP contribution in [0.4, 0.5) is 0 Å². The number of rotatable bonds is 5. The summed E-state index contributed by atoms with van der Waals surface area (Å²) in [7, 11) is 0. The summed E-state index contributed by atoms with van der Waals surface area (Å²) < 4.78 is 0. The molecule has 0 bridgehead atoms. The Morgan fingerprint density at radius 3 is 2.11 bits per heavy atom. The number of fused-ring (bicyclic) bond motifs is 1. The lowest BCUT2D eigenvalue weighted by molar-refractivity contribution is -0.124. The molecule has 3 nitrogen and oxygen atoms in total. The van der Waals surface area contributed by atoms with Crippen LogP contribution in [0.2, 0.25) is 0 Å². The Balaban J connectivity index is 1.56. The molecule has 2 N–H and O–H groups in total. The van der Waals surface area contributed by atoms with Gasteiger partial charge in [-0.15, -0.1) is 0 Å². The highest BCUT2D eigenvalue weighted by Crippen LogP contribution is 2.26. The van der Waals surface area contributed by atoms with Crippen molar-refractivity contribution in [3.8, 4) is 0 Å². The number of hydrogen-bond acceptors (Lipinski definition) is 2. The van der Waals surface area contributed by atoms with Gasteiger partial charge in [-0.05, 0) is 48.1 Å². The van der Waals surface area contributed by atoms with Crippen LogP contribution in [0.15, 0.2) is 42.5 Å². The van der Waals surface area contributed by atoms with Crippen LogP contribution >= 0.6 is 0 Å². The average molecular weight is 365 g/mol. The first-order valence-corrected chi connectivity index (χ1v) is 10.8. The van der Waals surface area contributed by atoms with E-state index in [9.17, 15) is 4.79 Å². The highest BCUT2D eigenvalue weighted by molar-refractivity contribution is 5.87. The lowest BCUT2D eigenvalue weighted by Gasteiger charge is -2.30. The highest BCUT2D eigenvalue weighted by atomic mass is 16.2. The van der Waals surface area contributed by atoms with Gasteiger partial charge in [0.25, 0.3) is 0 Å². The molecule has 144 valence electrons. The van der Waals surface area contributed by atoms with Crippen molar-refractivity contribution in [2.45, 2.75) is 82.3 Å². The van der Waals surface area contributed by atoms with E-state index in [0.717, 1.165) is 18.4 Å². The number of benzene rings is 2. The van der Waals surface area contributed by atoms with Crippen LogP contribution in [0.3, 0.4) is 0 Å². The summed E-state index contributed by atoms with van der Waals surface area (Å²) in [4.78, 5) is 13.2. The van der Waals surface area contributed by atoms with E-state index in [-0.39, 0.29) is 11.9 Å². The zero-order valence-corrected chi connectivity index (χ0v) is 16.3. The van der Waals surface area contributed by atoms with E-state index in [1.54, 1.807) is 0 Å². The molecule has 1 amide bonds. The summed E-state index contributed by atoms with van der Waals surface area (Å²) in [5.74, 6) is 0.155. The lowest BCUT2D eigenvalue weighted by Crippen LogP contribution is -2.46. The summed E-state index contributed by atoms with van der Waals surface area (Å²) in [5, 5.41) is 9.50. The fraction of sp³-hybridized carbons (Fsp3) is 0.542. The van der Waals surface area contributed by atoms with Gasteiger partial charge in [0.15, 0.2) is 0 Å². The Morgan fingerprint density at radius 1 is 0.778 bits per heavy atom. The Kier molecular flexibility index (Phi) is 6.08. The molecule has 0 radical (unpaired) electrons. The molecule has 2 aliphatic rings. The average Bonchev–Trinajstić information content (AvgIpc) is 2.73. The molecule has 1 atom stereocenters. The van der Waals surface area contributed by atoms with Crippen LogP contribution in [0.25, 0.3) is 10.8 Å². The molecule has 2 aromatic rings. The maximum absolute atomic E-state index is 13.2. The molecule has 4 rings (SSSR count). The third-order valence-electron chi connectivity index (χ3n) is 6.33. The second kappa shape index (κ2) is 8.88. The zero-order valence-electron chi connectivity index (χ0n) is 16.3. The lowest BCUT2D eigenvalue weighted by atomic mass is 9.92. The van der Waals surface area contributed by atoms with Gasteiger partial charge in [0, 0.05) is 12.1 Å². The third kappa shape index (κ3) is 4.70. The predicted molar refractivity (Wildman–Crippen MR) is 112 cm³/mol. The largest absolute Gasteiger partial charge is 0.352 e. The number of carbonyl (C=O) groups excluding carboxylic acids is 1. The molecule has 27 heavy (non-hydrogen) atoms. The summed E-state index contributed by atoms with van der Waals surface area (Å²) in [5.41, 5.74) is 1.09. The molecular formula is C24H32N2O. The van der Waals surface area contributed by atoms with Crippen LogP contribution in [-0.4, -0.2) is 18.0 Å². The maximum atomic E-state index is 13.2. The van der Waals surface area contributed by atoms with Gasteiger partial charge in [0.2, 0.25) is 5.91 Å². The Labute approximate surface area is 162 Å². The number of hydrogen-bond donors (Lipinski definition) is 2. The summed E-state index contributed by atoms with van der Waals surface area (Å²) in [6, 6.07) is 15.4. The van der Waals surface area contributed by atoms with Crippen molar-refractivity contribution in [1.82, 2.24) is 10.6 Å². The quantitative estimate of drug-likeness (QED) is 0.760. The van der Waals surface area contributed by atoms with E-state index in [1.807, 2.05) is 0 Å². The monoisotopic (exact) mass is 364 g/mol. The first-order chi connectivity index (χ1) is 13.3. The molecule has 0 spiro atoms. The molecule has 0 heterocycles. The van der Waals surface area contributed by atoms with E-state index >= 15 is 0 Å². The SMILES string of the molecule is O=C(NC1CCCCC1)C(NC1CCCCC1)c1ccc2ccccc2c1. The molecular weight excluding hydrogens is 332 g/mol. The van der Waals surface area contributed by atoms with Crippen molar-refractivity contribution >= 4 is 16.7 Å². The standard InChI is InChI=1S/C24H32N2O/c27-24(26-22-13-5-2-6-14-22)23(25-21-11-3-1-4-12-21)20-16-15-18-9-7-8-10-19(18)17-20/h7-10,15-17,21-23,25H,1-6,11-14H2,(H,26,27). The predicted octanol–water partition coefficient (Wildman–Crippen LogP) is 5.25. The van der Waals surface area contributed by atoms with Gasteiger partial charge in [0.1, 0.15) is 6.04 Å². The summed E-state index contributed by atoms with van der Waals surface area (Å²) in [6.45, 7) is 0. The topological polar surface area (TPSA) is 41.1 Å². The molecule has 1 unspecified atom stereocenters. The smallest absolute Gasteiger partial charge is 0.241 e. The molecule has 2 aromatic carbocycles. The minimum absolute atomic E-state index is 0.155. The Hall–Kier alpha value is -1.87. The normalized spacial score (nSPS) is 20.4. The van der Waals surface area contributed by atoms with E-state index in [2.05, 4.69) is 53.1 Å². The maximum Gasteiger partial charge on any atom is 0.241 e. The molecule has 0 saturated heterocycles. The van der Waals surface area contributed by atoms with Crippen molar-refractivity contribution in [2.24, 2.45) is 0 Å². The fourth-order valence-corrected chi connectivity index (χ4v) is 4.75. The highest BCUT2D eigenvalue weighted by Gasteiger charge is 2.27. The number of amides is 1. The zero-order chi connectivity index (χ0) is 18.5. The van der Waals surface area contributed by atoms with Gasteiger partial charge in [-0.3, -0.25) is 10.1 Å². The van der Waals surface area contributed by atoms with Gasteiger partial charge in [0.05, 0.1) is 0 Å². The third-order valence-corrected chi connectivity index (χ3v) is 6.33. The molecule has 0 aliphatic heterocycles. The van der Waals surface area contributed by atoms with E-state index in [1.165, 1.54) is 62.1 Å². The van der Waals surface area contributed by atoms with Crippen LogP contribution in [0.1, 0.15) is 75.8 Å². The van der Waals surface area contributed by atoms with E-state index in [0.29, 0.717) is 12.1 Å². The van der Waals surface area contributed by atoms with Gasteiger partial charge >= 0.3 is 0 Å². The Morgan fingerprint density at radius 2 is 1.41 bits per heavy atom. The molecule has 0 aromatic heterocycles. The number of nitrogens with one attached hydrogen (secondary N) is 2.